The van der Waals surface area contributed by atoms with Crippen molar-refractivity contribution in [3.63, 3.8) is 0 Å². The average molecular weight is 899 g/mol. The Morgan fingerprint density at radius 3 is 2.32 bits per heavy atom. The van der Waals surface area contributed by atoms with Gasteiger partial charge in [-0.2, -0.15) is 19.0 Å². The molecular weight excluding hydrogens is 869 g/mol. The number of hydrogen-bond donors (Lipinski definition) is 2. The van der Waals surface area contributed by atoms with Crippen LogP contribution >= 0.6 is 11.6 Å². The van der Waals surface area contributed by atoms with Gasteiger partial charge in [0.2, 0.25) is 15.9 Å². The highest BCUT2D eigenvalue weighted by Gasteiger charge is 2.67. The van der Waals surface area contributed by atoms with Gasteiger partial charge in [-0.05, 0) is 77.6 Å². The van der Waals surface area contributed by atoms with Crippen LogP contribution in [0.15, 0.2) is 77.6 Å². The van der Waals surface area contributed by atoms with E-state index in [2.05, 4.69) is 20.2 Å². The molecule has 12 nitrogen and oxygen atoms in total. The summed E-state index contributed by atoms with van der Waals surface area (Å²) in [6.07, 6.45) is -2.83. The fourth-order valence-corrected chi connectivity index (χ4v) is 9.14. The van der Waals surface area contributed by atoms with E-state index < -0.39 is 93.5 Å². The monoisotopic (exact) mass is 898 g/mol. The molecule has 21 heteroatoms. The number of amides is 1. The molecule has 2 aliphatic carbocycles. The molecular formula is C41H30ClF7N8O4S. The minimum Gasteiger partial charge on any atom is -0.344 e. The number of carbonyl (C=O) groups is 1. The lowest BCUT2D eigenvalue weighted by atomic mass is 10.0. The summed E-state index contributed by atoms with van der Waals surface area (Å²) in [4.78, 5) is 33.9. The average Bonchev–Trinajstić information content (AvgIpc) is 3.73. The molecule has 1 saturated carbocycles. The normalized spacial score (nSPS) is 17.1. The summed E-state index contributed by atoms with van der Waals surface area (Å²) in [5.74, 6) is -9.68. The largest absolute Gasteiger partial charge is 0.344 e. The van der Waals surface area contributed by atoms with Gasteiger partial charge in [0.15, 0.2) is 5.82 Å². The van der Waals surface area contributed by atoms with Gasteiger partial charge in [0, 0.05) is 31.0 Å². The SMILES string of the molecule is Cn1nc(NS(C)(=O)=O)c2c(Cl)ccc(-n3c([C@H](Cc4cc(F)cc(F)c4)NC(=O)Cn4nc(C(F)F)c5c4C(F)(F)[C@@H]4C[C@H]54)nc4cc(-c5ccc(F)cc5)ccc4c3=O)c21. The van der Waals surface area contributed by atoms with Gasteiger partial charge in [0.05, 0.1) is 44.8 Å². The first-order valence-corrected chi connectivity index (χ1v) is 21.0. The third-order valence-electron chi connectivity index (χ3n) is 11.0. The first kappa shape index (κ1) is 41.1. The van der Waals surface area contributed by atoms with E-state index in [1.165, 1.54) is 60.3 Å². The van der Waals surface area contributed by atoms with Crippen LogP contribution in [0.25, 0.3) is 38.6 Å². The van der Waals surface area contributed by atoms with E-state index in [1.807, 2.05) is 0 Å². The van der Waals surface area contributed by atoms with Crippen LogP contribution in [0.1, 0.15) is 53.1 Å². The second-order valence-corrected chi connectivity index (χ2v) is 17.4. The van der Waals surface area contributed by atoms with Crippen molar-refractivity contribution in [1.82, 2.24) is 34.4 Å². The third-order valence-corrected chi connectivity index (χ3v) is 11.9. The minimum atomic E-state index is -3.92. The zero-order chi connectivity index (χ0) is 44.2. The lowest BCUT2D eigenvalue weighted by molar-refractivity contribution is -0.123. The Morgan fingerprint density at radius 1 is 0.952 bits per heavy atom. The smallest absolute Gasteiger partial charge is 0.293 e. The van der Waals surface area contributed by atoms with Crippen LogP contribution in [-0.4, -0.2) is 49.7 Å². The zero-order valence-corrected chi connectivity index (χ0v) is 33.7. The number of halogens is 8. The Hall–Kier alpha value is -6.28. The molecule has 1 amide bonds. The van der Waals surface area contributed by atoms with Gasteiger partial charge in [0.1, 0.15) is 41.2 Å². The van der Waals surface area contributed by atoms with E-state index in [0.717, 1.165) is 23.0 Å². The Morgan fingerprint density at radius 2 is 1.65 bits per heavy atom. The number of hydrogen-bond acceptors (Lipinski definition) is 7. The Balaban J connectivity index is 1.26. The molecule has 2 N–H and O–H groups in total. The molecule has 0 spiro atoms. The van der Waals surface area contributed by atoms with Gasteiger partial charge in [-0.1, -0.05) is 29.8 Å². The number of alkyl halides is 4. The molecule has 62 heavy (non-hydrogen) atoms. The van der Waals surface area contributed by atoms with Gasteiger partial charge in [-0.25, -0.2) is 35.4 Å². The highest BCUT2D eigenvalue weighted by molar-refractivity contribution is 7.92. The number of carbonyl (C=O) groups excluding carboxylic acids is 1. The molecule has 3 atom stereocenters. The molecule has 0 bridgehead atoms. The summed E-state index contributed by atoms with van der Waals surface area (Å²) in [6, 6.07) is 13.7. The van der Waals surface area contributed by atoms with E-state index in [0.29, 0.717) is 21.9 Å². The molecule has 4 aromatic carbocycles. The van der Waals surface area contributed by atoms with E-state index in [1.54, 1.807) is 6.07 Å². The number of aryl methyl sites for hydroxylation is 1. The van der Waals surface area contributed by atoms with E-state index in [4.69, 9.17) is 16.6 Å². The summed E-state index contributed by atoms with van der Waals surface area (Å²) in [5.41, 5.74) is -1.66. The number of nitrogens with zero attached hydrogens (tertiary/aromatic N) is 6. The zero-order valence-electron chi connectivity index (χ0n) is 32.1. The molecule has 3 aromatic heterocycles. The van der Waals surface area contributed by atoms with Crippen molar-refractivity contribution in [3.8, 4) is 16.8 Å². The molecule has 1 fully saturated rings. The van der Waals surface area contributed by atoms with Crippen molar-refractivity contribution in [2.75, 3.05) is 11.0 Å². The highest BCUT2D eigenvalue weighted by Crippen LogP contribution is 2.68. The standard InChI is InChI=1S/C41H30ClF7N8O4S/c1-55-35-30(10-9-27(42)33(35)38(53-55)54-62(2,60)61)57-39(51-28-14-20(5-8-24(28)40(57)59)19-3-6-21(43)7-4-19)29(13-18-11-22(44)15-23(45)12-18)50-31(58)17-56-36-32(34(52-56)37(46)47)25-16-26(25)41(36,48)49/h3-12,14-15,25-26,29,37H,13,16-17H2,1-2H3,(H,50,58)(H,53,54)/t25-,26+,29-/m0/s1. The summed E-state index contributed by atoms with van der Waals surface area (Å²) in [7, 11) is -2.49. The summed E-state index contributed by atoms with van der Waals surface area (Å²) >= 11 is 6.61. The second-order valence-electron chi connectivity index (χ2n) is 15.3. The van der Waals surface area contributed by atoms with Crippen molar-refractivity contribution in [2.24, 2.45) is 13.0 Å². The predicted octanol–water partition coefficient (Wildman–Crippen LogP) is 7.82. The van der Waals surface area contributed by atoms with Crippen LogP contribution in [0.2, 0.25) is 5.02 Å². The third kappa shape index (κ3) is 7.13. The number of sulfonamides is 1. The summed E-state index contributed by atoms with van der Waals surface area (Å²) < 4.78 is 132. The minimum absolute atomic E-state index is 0.00651. The van der Waals surface area contributed by atoms with Crippen molar-refractivity contribution in [1.29, 1.82) is 0 Å². The predicted molar refractivity (Wildman–Crippen MR) is 213 cm³/mol. The van der Waals surface area contributed by atoms with Gasteiger partial charge in [-0.15, -0.1) is 0 Å². The van der Waals surface area contributed by atoms with Crippen LogP contribution in [0.3, 0.4) is 0 Å². The molecule has 2 aliphatic rings. The van der Waals surface area contributed by atoms with Crippen molar-refractivity contribution >= 4 is 55.2 Å². The molecule has 9 rings (SSSR count). The molecule has 0 aliphatic heterocycles. The van der Waals surface area contributed by atoms with Crippen LogP contribution in [0, 0.1) is 23.4 Å². The van der Waals surface area contributed by atoms with Gasteiger partial charge >= 0.3 is 0 Å². The van der Waals surface area contributed by atoms with E-state index >= 15 is 8.78 Å². The fraction of sp³-hybridized carbons (Fsp3) is 0.244. The van der Waals surface area contributed by atoms with Gasteiger partial charge in [0.25, 0.3) is 17.9 Å². The maximum atomic E-state index is 15.5. The number of fused-ring (bicyclic) bond motifs is 5. The van der Waals surface area contributed by atoms with Crippen LogP contribution in [0.5, 0.6) is 0 Å². The number of anilines is 1. The first-order valence-electron chi connectivity index (χ1n) is 18.8. The van der Waals surface area contributed by atoms with E-state index in [9.17, 15) is 40.0 Å². The molecule has 0 saturated heterocycles. The second kappa shape index (κ2) is 14.7. The van der Waals surface area contributed by atoms with Crippen LogP contribution in [0.4, 0.5) is 36.6 Å². The lowest BCUT2D eigenvalue weighted by Gasteiger charge is -2.24. The Bertz CT molecular complexity index is 3170. The Kier molecular flexibility index (Phi) is 9.73. The molecule has 0 unspecified atom stereocenters. The molecule has 7 aromatic rings. The van der Waals surface area contributed by atoms with Crippen LogP contribution in [-0.2, 0) is 40.8 Å². The molecule has 3 heterocycles. The topological polar surface area (TPSA) is 146 Å². The summed E-state index contributed by atoms with van der Waals surface area (Å²) in [5, 5.41) is 10.7. The first-order chi connectivity index (χ1) is 29.3. The lowest BCUT2D eigenvalue weighted by Crippen LogP contribution is -2.38. The number of aromatic nitrogens is 6. The van der Waals surface area contributed by atoms with Gasteiger partial charge < -0.3 is 5.32 Å². The van der Waals surface area contributed by atoms with E-state index in [-0.39, 0.29) is 61.7 Å². The summed E-state index contributed by atoms with van der Waals surface area (Å²) in [6.45, 7) is -1.00. The maximum absolute atomic E-state index is 15.5. The highest BCUT2D eigenvalue weighted by atomic mass is 35.5. The van der Waals surface area contributed by atoms with Crippen molar-refractivity contribution < 1.29 is 43.9 Å². The quantitative estimate of drug-likeness (QED) is 0.126. The van der Waals surface area contributed by atoms with Crippen molar-refractivity contribution in [2.45, 2.75) is 43.7 Å². The van der Waals surface area contributed by atoms with Crippen molar-refractivity contribution in [3.05, 3.63) is 134 Å². The van der Waals surface area contributed by atoms with Crippen LogP contribution < -0.4 is 15.6 Å². The Labute approximate surface area is 351 Å². The number of nitrogens with one attached hydrogen (secondary N) is 2. The number of rotatable bonds is 11. The molecule has 320 valence electrons. The molecule has 0 radical (unpaired) electrons. The maximum Gasteiger partial charge on any atom is 0.293 e. The van der Waals surface area contributed by atoms with Gasteiger partial charge in [-0.3, -0.25) is 28.2 Å². The number of benzene rings is 4. The fourth-order valence-electron chi connectivity index (χ4n) is 8.40.